The number of carboxylic acid groups (broad SMARTS) is 1. The van der Waals surface area contributed by atoms with Crippen molar-refractivity contribution in [3.63, 3.8) is 0 Å². The topological polar surface area (TPSA) is 60.9 Å². The number of hydrogen-bond acceptors (Lipinski definition) is 6. The second kappa shape index (κ2) is 7.03. The number of nitrogens with zero attached hydrogens (tertiary/aromatic N) is 2. The fourth-order valence-electron chi connectivity index (χ4n) is 3.03. The quantitative estimate of drug-likeness (QED) is 0.597. The summed E-state index contributed by atoms with van der Waals surface area (Å²) in [6.45, 7) is -0.323. The third kappa shape index (κ3) is 3.24. The number of benzene rings is 2. The van der Waals surface area contributed by atoms with Gasteiger partial charge in [0.05, 0.1) is 5.69 Å². The van der Waals surface area contributed by atoms with Gasteiger partial charge in [-0.1, -0.05) is 60.4 Å². The predicted octanol–water partition coefficient (Wildman–Crippen LogP) is 4.01. The molecule has 2 aliphatic heterocycles. The Balaban J connectivity index is 1.76. The van der Waals surface area contributed by atoms with Gasteiger partial charge in [0.2, 0.25) is 5.12 Å². The average molecular weight is 415 g/mol. The van der Waals surface area contributed by atoms with E-state index >= 15 is 0 Å². The number of carboxylic acids is 1. The minimum Gasteiger partial charge on any atom is -0.480 e. The van der Waals surface area contributed by atoms with E-state index < -0.39 is 5.97 Å². The largest absolute Gasteiger partial charge is 0.480 e. The SMILES string of the molecule is CN1C(=C2C(=O)SC(=S)N2CC(=O)O)Sc2ccc(-c3ccccc3)cc21. The Labute approximate surface area is 170 Å². The molecule has 2 aliphatic rings. The normalized spacial score (nSPS) is 19.0. The Morgan fingerprint density at radius 3 is 2.56 bits per heavy atom. The van der Waals surface area contributed by atoms with Crippen molar-refractivity contribution in [2.75, 3.05) is 18.5 Å². The maximum Gasteiger partial charge on any atom is 0.323 e. The number of hydrogen-bond donors (Lipinski definition) is 1. The lowest BCUT2D eigenvalue weighted by atomic mass is 10.1. The Kier molecular flexibility index (Phi) is 4.71. The molecule has 0 amide bonds. The number of fused-ring (bicyclic) bond motifs is 1. The summed E-state index contributed by atoms with van der Waals surface area (Å²) in [6, 6.07) is 16.2. The fraction of sp³-hybridized carbons (Fsp3) is 0.105. The van der Waals surface area contributed by atoms with Crippen LogP contribution in [0.5, 0.6) is 0 Å². The molecule has 2 aromatic carbocycles. The zero-order chi connectivity index (χ0) is 19.1. The fourth-order valence-corrected chi connectivity index (χ4v) is 5.39. The van der Waals surface area contributed by atoms with Crippen LogP contribution in [0, 0.1) is 0 Å². The number of thioether (sulfide) groups is 2. The van der Waals surface area contributed by atoms with Gasteiger partial charge in [0.1, 0.15) is 21.6 Å². The highest BCUT2D eigenvalue weighted by Crippen LogP contribution is 2.49. The van der Waals surface area contributed by atoms with E-state index in [1.165, 1.54) is 16.7 Å². The third-order valence-electron chi connectivity index (χ3n) is 4.30. The first-order valence-corrected chi connectivity index (χ1v) is 10.1. The van der Waals surface area contributed by atoms with Crippen LogP contribution in [0.2, 0.25) is 0 Å². The molecule has 0 spiro atoms. The molecule has 8 heteroatoms. The first-order chi connectivity index (χ1) is 13.0. The van der Waals surface area contributed by atoms with Crippen LogP contribution >= 0.6 is 35.7 Å². The zero-order valence-corrected chi connectivity index (χ0v) is 16.7. The highest BCUT2D eigenvalue weighted by Gasteiger charge is 2.39. The second-order valence-corrected chi connectivity index (χ2v) is 8.64. The first-order valence-electron chi connectivity index (χ1n) is 8.06. The molecule has 136 valence electrons. The van der Waals surface area contributed by atoms with Gasteiger partial charge in [0.25, 0.3) is 0 Å². The van der Waals surface area contributed by atoms with Gasteiger partial charge in [-0.05, 0) is 35.0 Å². The molecule has 1 fully saturated rings. The summed E-state index contributed by atoms with van der Waals surface area (Å²) in [5, 5.41) is 9.66. The number of thiocarbonyl (C=S) groups is 1. The molecule has 5 nitrogen and oxygen atoms in total. The van der Waals surface area contributed by atoms with Crippen molar-refractivity contribution in [3.05, 3.63) is 59.3 Å². The molecule has 0 aliphatic carbocycles. The number of rotatable bonds is 3. The zero-order valence-electron chi connectivity index (χ0n) is 14.2. The van der Waals surface area contributed by atoms with Gasteiger partial charge in [0.15, 0.2) is 0 Å². The van der Waals surface area contributed by atoms with Crippen molar-refractivity contribution >= 4 is 56.8 Å². The van der Waals surface area contributed by atoms with Crippen LogP contribution in [-0.2, 0) is 9.59 Å². The van der Waals surface area contributed by atoms with E-state index in [4.69, 9.17) is 12.2 Å². The molecule has 0 atom stereocenters. The number of carbonyl (C=O) groups excluding carboxylic acids is 1. The minimum atomic E-state index is -1.03. The summed E-state index contributed by atoms with van der Waals surface area (Å²) >= 11 is 7.56. The van der Waals surface area contributed by atoms with E-state index in [0.717, 1.165) is 33.5 Å². The molecule has 0 unspecified atom stereocenters. The second-order valence-electron chi connectivity index (χ2n) is 6.00. The van der Waals surface area contributed by atoms with Crippen LogP contribution in [0.3, 0.4) is 0 Å². The van der Waals surface area contributed by atoms with E-state index in [1.807, 2.05) is 54.4 Å². The highest BCUT2D eigenvalue weighted by atomic mass is 32.2. The standard InChI is InChI=1S/C19H14N2O3S3/c1-20-13-9-12(11-5-3-2-4-6-11)7-8-14(13)26-17(20)16-18(24)27-19(25)21(16)10-15(22)23/h2-9H,10H2,1H3,(H,22,23). The van der Waals surface area contributed by atoms with Crippen molar-refractivity contribution < 1.29 is 14.7 Å². The van der Waals surface area contributed by atoms with E-state index in [9.17, 15) is 14.7 Å². The molecule has 0 aromatic heterocycles. The van der Waals surface area contributed by atoms with E-state index in [-0.39, 0.29) is 16.0 Å². The Morgan fingerprint density at radius 2 is 1.85 bits per heavy atom. The lowest BCUT2D eigenvalue weighted by Gasteiger charge is -2.21. The summed E-state index contributed by atoms with van der Waals surface area (Å²) in [5.41, 5.74) is 3.52. The maximum atomic E-state index is 12.5. The molecule has 0 radical (unpaired) electrons. The molecule has 2 heterocycles. The van der Waals surface area contributed by atoms with Crippen molar-refractivity contribution in [2.45, 2.75) is 4.90 Å². The Morgan fingerprint density at radius 1 is 1.11 bits per heavy atom. The van der Waals surface area contributed by atoms with Crippen LogP contribution < -0.4 is 4.90 Å². The molecule has 2 aromatic rings. The van der Waals surface area contributed by atoms with Gasteiger partial charge in [-0.3, -0.25) is 9.59 Å². The molecule has 1 N–H and O–H groups in total. The molecule has 0 saturated carbocycles. The van der Waals surface area contributed by atoms with Gasteiger partial charge in [-0.25, -0.2) is 0 Å². The lowest BCUT2D eigenvalue weighted by molar-refractivity contribution is -0.137. The summed E-state index contributed by atoms with van der Waals surface area (Å²) < 4.78 is 0.278. The van der Waals surface area contributed by atoms with E-state index in [0.29, 0.717) is 10.7 Å². The summed E-state index contributed by atoms with van der Waals surface area (Å²) in [6.07, 6.45) is 0. The van der Waals surface area contributed by atoms with Crippen LogP contribution in [0.15, 0.2) is 64.2 Å². The summed E-state index contributed by atoms with van der Waals surface area (Å²) in [4.78, 5) is 28.1. The minimum absolute atomic E-state index is 0.216. The van der Waals surface area contributed by atoms with Crippen molar-refractivity contribution in [1.29, 1.82) is 0 Å². The smallest absolute Gasteiger partial charge is 0.323 e. The first kappa shape index (κ1) is 18.1. The van der Waals surface area contributed by atoms with Gasteiger partial charge in [-0.15, -0.1) is 0 Å². The number of anilines is 1. The van der Waals surface area contributed by atoms with Gasteiger partial charge in [-0.2, -0.15) is 0 Å². The van der Waals surface area contributed by atoms with Crippen molar-refractivity contribution in [2.24, 2.45) is 0 Å². The van der Waals surface area contributed by atoms with Crippen molar-refractivity contribution in [3.8, 4) is 11.1 Å². The number of aliphatic carboxylic acids is 1. The van der Waals surface area contributed by atoms with Gasteiger partial charge in [0, 0.05) is 11.9 Å². The van der Waals surface area contributed by atoms with Crippen LogP contribution in [-0.4, -0.2) is 39.0 Å². The Hall–Kier alpha value is -2.29. The summed E-state index contributed by atoms with van der Waals surface area (Å²) in [7, 11) is 1.88. The molecule has 4 rings (SSSR count). The highest BCUT2D eigenvalue weighted by molar-refractivity contribution is 8.33. The molecule has 0 bridgehead atoms. The van der Waals surface area contributed by atoms with E-state index in [2.05, 4.69) is 6.07 Å². The molecule has 27 heavy (non-hydrogen) atoms. The summed E-state index contributed by atoms with van der Waals surface area (Å²) in [5.74, 6) is -1.03. The molecule has 1 saturated heterocycles. The van der Waals surface area contributed by atoms with Gasteiger partial charge < -0.3 is 14.9 Å². The average Bonchev–Trinajstić information content (AvgIpc) is 3.11. The number of carbonyl (C=O) groups is 2. The lowest BCUT2D eigenvalue weighted by Crippen LogP contribution is -2.31. The third-order valence-corrected chi connectivity index (χ3v) is 6.77. The van der Waals surface area contributed by atoms with Crippen LogP contribution in [0.1, 0.15) is 0 Å². The van der Waals surface area contributed by atoms with Crippen LogP contribution in [0.25, 0.3) is 11.1 Å². The molecular weight excluding hydrogens is 400 g/mol. The maximum absolute atomic E-state index is 12.5. The Bertz CT molecular complexity index is 1000. The van der Waals surface area contributed by atoms with Crippen LogP contribution in [0.4, 0.5) is 5.69 Å². The van der Waals surface area contributed by atoms with Gasteiger partial charge >= 0.3 is 5.97 Å². The predicted molar refractivity (Wildman–Crippen MR) is 113 cm³/mol. The van der Waals surface area contributed by atoms with Crippen molar-refractivity contribution in [1.82, 2.24) is 4.90 Å². The van der Waals surface area contributed by atoms with E-state index in [1.54, 1.807) is 0 Å². The molecular formula is C19H14N2O3S3. The monoisotopic (exact) mass is 414 g/mol.